The molecule has 2 aromatic carbocycles. The monoisotopic (exact) mass is 393 g/mol. The van der Waals surface area contributed by atoms with Crippen LogP contribution in [0.4, 0.5) is 5.69 Å². The lowest BCUT2D eigenvalue weighted by atomic mass is 10.1. The van der Waals surface area contributed by atoms with E-state index in [0.717, 1.165) is 22.5 Å². The van der Waals surface area contributed by atoms with Crippen molar-refractivity contribution in [3.8, 4) is 17.0 Å². The van der Waals surface area contributed by atoms with Crippen LogP contribution in [-0.2, 0) is 4.79 Å². The highest BCUT2D eigenvalue weighted by atomic mass is 32.2. The van der Waals surface area contributed by atoms with Crippen LogP contribution < -0.4 is 10.1 Å². The van der Waals surface area contributed by atoms with Gasteiger partial charge in [0, 0.05) is 11.3 Å². The van der Waals surface area contributed by atoms with Gasteiger partial charge in [0.1, 0.15) is 5.75 Å². The van der Waals surface area contributed by atoms with E-state index in [1.807, 2.05) is 75.4 Å². The number of methoxy groups -OCH3 is 1. The first-order valence-corrected chi connectivity index (χ1v) is 9.87. The van der Waals surface area contributed by atoms with Crippen LogP contribution in [0.25, 0.3) is 11.3 Å². The zero-order chi connectivity index (χ0) is 20.1. The van der Waals surface area contributed by atoms with Gasteiger partial charge in [-0.05, 0) is 44.5 Å². The van der Waals surface area contributed by atoms with E-state index in [1.165, 1.54) is 11.8 Å². The third-order valence-corrected chi connectivity index (χ3v) is 5.13. The second kappa shape index (κ2) is 8.89. The number of hydrogen-bond donors (Lipinski definition) is 1. The molecule has 144 valence electrons. The number of anilines is 1. The number of nitrogens with zero attached hydrogens (tertiary/aromatic N) is 2. The highest BCUT2D eigenvalue weighted by Gasteiger charge is 2.18. The van der Waals surface area contributed by atoms with Gasteiger partial charge in [-0.25, -0.2) is 9.97 Å². The van der Waals surface area contributed by atoms with Crippen LogP contribution >= 0.6 is 11.8 Å². The zero-order valence-electron chi connectivity index (χ0n) is 16.4. The Balaban J connectivity index is 1.76. The molecular formula is C22H23N3O2S. The topological polar surface area (TPSA) is 64.1 Å². The van der Waals surface area contributed by atoms with Gasteiger partial charge < -0.3 is 10.1 Å². The fourth-order valence-electron chi connectivity index (χ4n) is 2.72. The van der Waals surface area contributed by atoms with Gasteiger partial charge in [-0.3, -0.25) is 4.79 Å². The number of carbonyl (C=O) groups excluding carboxylic acids is 1. The van der Waals surface area contributed by atoms with Gasteiger partial charge in [-0.15, -0.1) is 0 Å². The van der Waals surface area contributed by atoms with Gasteiger partial charge >= 0.3 is 0 Å². The predicted molar refractivity (Wildman–Crippen MR) is 114 cm³/mol. The van der Waals surface area contributed by atoms with Gasteiger partial charge in [0.15, 0.2) is 5.16 Å². The van der Waals surface area contributed by atoms with Crippen molar-refractivity contribution in [3.05, 3.63) is 65.9 Å². The smallest absolute Gasteiger partial charge is 0.237 e. The summed E-state index contributed by atoms with van der Waals surface area (Å²) in [6, 6.07) is 17.6. The molecule has 28 heavy (non-hydrogen) atoms. The van der Waals surface area contributed by atoms with Crippen molar-refractivity contribution in [1.82, 2.24) is 9.97 Å². The summed E-state index contributed by atoms with van der Waals surface area (Å²) in [5.41, 5.74) is 4.45. The minimum absolute atomic E-state index is 0.125. The van der Waals surface area contributed by atoms with Crippen LogP contribution in [0.2, 0.25) is 0 Å². The minimum atomic E-state index is -0.365. The summed E-state index contributed by atoms with van der Waals surface area (Å²) in [7, 11) is 1.59. The highest BCUT2D eigenvalue weighted by Crippen LogP contribution is 2.28. The maximum Gasteiger partial charge on any atom is 0.237 e. The number of ether oxygens (including phenoxy) is 1. The molecule has 0 radical (unpaired) electrons. The summed E-state index contributed by atoms with van der Waals surface area (Å²) < 4.78 is 5.33. The fourth-order valence-corrected chi connectivity index (χ4v) is 3.55. The van der Waals surface area contributed by atoms with Gasteiger partial charge in [-0.1, -0.05) is 48.2 Å². The summed E-state index contributed by atoms with van der Waals surface area (Å²) in [6.07, 6.45) is 0. The first-order valence-electron chi connectivity index (χ1n) is 8.99. The molecule has 0 unspecified atom stereocenters. The molecule has 3 aromatic rings. The molecule has 1 N–H and O–H groups in total. The first-order chi connectivity index (χ1) is 13.5. The third kappa shape index (κ3) is 4.89. The molecule has 1 amide bonds. The largest absolute Gasteiger partial charge is 0.495 e. The van der Waals surface area contributed by atoms with Crippen molar-refractivity contribution in [2.24, 2.45) is 0 Å². The second-order valence-corrected chi connectivity index (χ2v) is 7.80. The number of amides is 1. The Morgan fingerprint density at radius 2 is 1.82 bits per heavy atom. The maximum atomic E-state index is 12.7. The molecule has 0 saturated heterocycles. The Morgan fingerprint density at radius 1 is 1.07 bits per heavy atom. The summed E-state index contributed by atoms with van der Waals surface area (Å²) in [6.45, 7) is 5.75. The first kappa shape index (κ1) is 19.9. The van der Waals surface area contributed by atoms with E-state index >= 15 is 0 Å². The van der Waals surface area contributed by atoms with Crippen LogP contribution in [0.15, 0.2) is 59.8 Å². The lowest BCUT2D eigenvalue weighted by Crippen LogP contribution is -2.23. The van der Waals surface area contributed by atoms with Gasteiger partial charge in [0.25, 0.3) is 0 Å². The number of thioether (sulfide) groups is 1. The molecule has 1 atom stereocenters. The number of benzene rings is 2. The molecule has 5 nitrogen and oxygen atoms in total. The van der Waals surface area contributed by atoms with E-state index in [2.05, 4.69) is 15.3 Å². The predicted octanol–water partition coefficient (Wildman–Crippen LogP) is 4.89. The van der Waals surface area contributed by atoms with Crippen LogP contribution in [0.1, 0.15) is 18.2 Å². The minimum Gasteiger partial charge on any atom is -0.495 e. The molecular weight excluding hydrogens is 370 g/mol. The van der Waals surface area contributed by atoms with Crippen LogP contribution in [0.3, 0.4) is 0 Å². The Labute approximate surface area is 169 Å². The number of carbonyl (C=O) groups is 1. The average Bonchev–Trinajstić information content (AvgIpc) is 2.68. The third-order valence-electron chi connectivity index (χ3n) is 4.17. The molecule has 0 saturated carbocycles. The SMILES string of the molecule is COc1ccc(C)cc1NC(=O)[C@H](C)Sc1nc(C)cc(-c2ccccc2)n1. The quantitative estimate of drug-likeness (QED) is 0.477. The van der Waals surface area contributed by atoms with E-state index in [4.69, 9.17) is 4.74 Å². The molecule has 0 aliphatic rings. The molecule has 0 aliphatic heterocycles. The van der Waals surface area contributed by atoms with Gasteiger partial charge in [-0.2, -0.15) is 0 Å². The Hall–Kier alpha value is -2.86. The molecule has 0 spiro atoms. The van der Waals surface area contributed by atoms with E-state index < -0.39 is 0 Å². The number of rotatable bonds is 6. The number of nitrogens with one attached hydrogen (secondary N) is 1. The van der Waals surface area contributed by atoms with E-state index in [-0.39, 0.29) is 11.2 Å². The molecule has 3 rings (SSSR count). The summed E-state index contributed by atoms with van der Waals surface area (Å²) in [5, 5.41) is 3.16. The summed E-state index contributed by atoms with van der Waals surface area (Å²) >= 11 is 1.34. The van der Waals surface area contributed by atoms with E-state index in [9.17, 15) is 4.79 Å². The standard InChI is InChI=1S/C22H23N3O2S/c1-14-10-11-20(27-4)19(12-14)24-21(26)16(3)28-22-23-15(2)13-18(25-22)17-8-6-5-7-9-17/h5-13,16H,1-4H3,(H,24,26)/t16-/m0/s1. The number of aromatic nitrogens is 2. The van der Waals surface area contributed by atoms with Crippen molar-refractivity contribution in [3.63, 3.8) is 0 Å². The molecule has 1 heterocycles. The van der Waals surface area contributed by atoms with Crippen LogP contribution in [-0.4, -0.2) is 28.2 Å². The molecule has 0 fully saturated rings. The van der Waals surface area contributed by atoms with Gasteiger partial charge in [0.05, 0.1) is 23.7 Å². The van der Waals surface area contributed by atoms with Crippen LogP contribution in [0, 0.1) is 13.8 Å². The van der Waals surface area contributed by atoms with Crippen molar-refractivity contribution in [2.75, 3.05) is 12.4 Å². The Kier molecular flexibility index (Phi) is 6.31. The number of aryl methyl sites for hydroxylation is 2. The lowest BCUT2D eigenvalue weighted by molar-refractivity contribution is -0.115. The zero-order valence-corrected chi connectivity index (χ0v) is 17.2. The van der Waals surface area contributed by atoms with Crippen LogP contribution in [0.5, 0.6) is 5.75 Å². The maximum absolute atomic E-state index is 12.7. The average molecular weight is 394 g/mol. The molecule has 1 aromatic heterocycles. The number of hydrogen-bond acceptors (Lipinski definition) is 5. The van der Waals surface area contributed by atoms with Crippen molar-refractivity contribution in [2.45, 2.75) is 31.2 Å². The van der Waals surface area contributed by atoms with Gasteiger partial charge in [0.2, 0.25) is 5.91 Å². The Morgan fingerprint density at radius 3 is 2.54 bits per heavy atom. The molecule has 6 heteroatoms. The molecule has 0 bridgehead atoms. The summed E-state index contributed by atoms with van der Waals surface area (Å²) in [4.78, 5) is 21.8. The lowest BCUT2D eigenvalue weighted by Gasteiger charge is -2.14. The van der Waals surface area contributed by atoms with E-state index in [0.29, 0.717) is 16.6 Å². The Bertz CT molecular complexity index is 977. The van der Waals surface area contributed by atoms with Crippen molar-refractivity contribution < 1.29 is 9.53 Å². The highest BCUT2D eigenvalue weighted by molar-refractivity contribution is 8.00. The van der Waals surface area contributed by atoms with E-state index in [1.54, 1.807) is 7.11 Å². The van der Waals surface area contributed by atoms with Crippen molar-refractivity contribution >= 4 is 23.4 Å². The normalized spacial score (nSPS) is 11.7. The van der Waals surface area contributed by atoms with Crippen molar-refractivity contribution in [1.29, 1.82) is 0 Å². The molecule has 0 aliphatic carbocycles. The second-order valence-electron chi connectivity index (χ2n) is 6.50. The summed E-state index contributed by atoms with van der Waals surface area (Å²) in [5.74, 6) is 0.509. The fraction of sp³-hybridized carbons (Fsp3) is 0.227.